The molecule has 0 fully saturated rings. The summed E-state index contributed by atoms with van der Waals surface area (Å²) in [5.74, 6) is -1.90. The van der Waals surface area contributed by atoms with E-state index in [1.807, 2.05) is 0 Å². The predicted octanol–water partition coefficient (Wildman–Crippen LogP) is -0.838. The minimum absolute atomic E-state index is 0.0266. The first kappa shape index (κ1) is 26.9. The lowest BCUT2D eigenvalue weighted by Gasteiger charge is -2.13. The summed E-state index contributed by atoms with van der Waals surface area (Å²) in [6.45, 7) is 0.666. The molecule has 0 saturated carbocycles. The summed E-state index contributed by atoms with van der Waals surface area (Å²) >= 11 is 4.71. The Labute approximate surface area is 186 Å². The summed E-state index contributed by atoms with van der Waals surface area (Å²) in [4.78, 5) is 63.3. The number of hydrogen-bond donors (Lipinski definition) is 3. The first-order valence-corrected chi connectivity index (χ1v) is 11.7. The van der Waals surface area contributed by atoms with E-state index in [4.69, 9.17) is 27.1 Å². The molecule has 0 radical (unpaired) electrons. The number of nitrogens with one attached hydrogen (secondary N) is 2. The van der Waals surface area contributed by atoms with Gasteiger partial charge in [0, 0.05) is 44.1 Å². The van der Waals surface area contributed by atoms with Crippen LogP contribution < -0.4 is 16.5 Å². The maximum atomic E-state index is 11.7. The van der Waals surface area contributed by atoms with Crippen molar-refractivity contribution in [2.24, 2.45) is 11.7 Å². The molecule has 172 valence electrons. The highest BCUT2D eigenvalue weighted by Gasteiger charge is 2.23. The van der Waals surface area contributed by atoms with Gasteiger partial charge < -0.3 is 15.8 Å². The molecule has 4 N–H and O–H groups in total. The average molecular weight is 474 g/mol. The van der Waals surface area contributed by atoms with Crippen LogP contribution in [0.4, 0.5) is 0 Å². The molecule has 4 amide bonds. The van der Waals surface area contributed by atoms with Gasteiger partial charge in [0.05, 0.1) is 20.6 Å². The third-order valence-corrected chi connectivity index (χ3v) is 5.32. The van der Waals surface area contributed by atoms with Crippen LogP contribution in [0.1, 0.15) is 25.7 Å². The number of nitrogens with two attached hydrogens (primary N) is 1. The third-order valence-electron chi connectivity index (χ3n) is 4.24. The van der Waals surface area contributed by atoms with Gasteiger partial charge in [-0.05, 0) is 24.6 Å². The number of rotatable bonds is 17. The van der Waals surface area contributed by atoms with Crippen LogP contribution >= 0.6 is 7.36 Å². The van der Waals surface area contributed by atoms with Crippen LogP contribution in [-0.2, 0) is 45.4 Å². The van der Waals surface area contributed by atoms with Crippen molar-refractivity contribution in [1.29, 1.82) is 0 Å². The fraction of sp³-hybridized carbons (Fsp3) is 0.611. The number of carbonyl (C=O) groups excluding carboxylic acids is 5. The van der Waals surface area contributed by atoms with Crippen molar-refractivity contribution >= 4 is 48.3 Å². The van der Waals surface area contributed by atoms with Crippen LogP contribution in [-0.4, -0.2) is 73.5 Å². The van der Waals surface area contributed by atoms with Crippen molar-refractivity contribution in [2.45, 2.75) is 25.7 Å². The zero-order chi connectivity index (χ0) is 23.1. The first-order valence-electron chi connectivity index (χ1n) is 9.75. The summed E-state index contributed by atoms with van der Waals surface area (Å²) in [5, 5.41) is 2.70. The van der Waals surface area contributed by atoms with Crippen molar-refractivity contribution in [3.63, 3.8) is 0 Å². The van der Waals surface area contributed by atoms with Crippen LogP contribution in [0.25, 0.3) is 0 Å². The maximum Gasteiger partial charge on any atom is 0.253 e. The third kappa shape index (κ3) is 11.2. The van der Waals surface area contributed by atoms with E-state index in [2.05, 4.69) is 10.8 Å². The molecule has 31 heavy (non-hydrogen) atoms. The van der Waals surface area contributed by atoms with Gasteiger partial charge in [0.1, 0.15) is 6.61 Å². The second kappa shape index (κ2) is 15.7. The smallest absolute Gasteiger partial charge is 0.253 e. The average Bonchev–Trinajstić information content (AvgIpc) is 3.08. The molecule has 0 bridgehead atoms. The van der Waals surface area contributed by atoms with E-state index in [-0.39, 0.29) is 56.7 Å². The highest BCUT2D eigenvalue weighted by Crippen LogP contribution is 2.14. The second-order valence-electron chi connectivity index (χ2n) is 6.55. The molecule has 1 unspecified atom stereocenters. The quantitative estimate of drug-likeness (QED) is 0.106. The van der Waals surface area contributed by atoms with E-state index in [0.717, 1.165) is 23.5 Å². The minimum atomic E-state index is -0.490. The Balaban J connectivity index is 1.96. The summed E-state index contributed by atoms with van der Waals surface area (Å²) in [5.41, 5.74) is 7.68. The fourth-order valence-electron chi connectivity index (χ4n) is 2.52. The number of imide groups is 1. The van der Waals surface area contributed by atoms with E-state index in [1.54, 1.807) is 0 Å². The lowest BCUT2D eigenvalue weighted by atomic mass is 10.0. The van der Waals surface area contributed by atoms with Crippen LogP contribution in [0.15, 0.2) is 12.2 Å². The van der Waals surface area contributed by atoms with Gasteiger partial charge in [0.15, 0.2) is 5.52 Å². The number of carbonyl (C=O) groups is 5. The topological polar surface area (TPSA) is 157 Å². The monoisotopic (exact) mass is 474 g/mol. The van der Waals surface area contributed by atoms with Crippen LogP contribution in [0.3, 0.4) is 0 Å². The Kier molecular flexibility index (Phi) is 13.6. The Hall–Kier alpha value is -2.11. The molecule has 1 heterocycles. The van der Waals surface area contributed by atoms with E-state index in [9.17, 15) is 24.0 Å². The summed E-state index contributed by atoms with van der Waals surface area (Å²) < 4.78 is 5.14. The number of ether oxygens (including phenoxy) is 1. The molecule has 11 nitrogen and oxygen atoms in total. The standard InChI is InChI=1S/C18H27N4O7PS/c19-11-13(18(27)30-31)3-1-2-7-20-15(24)12-28-9-10-29-21-14(23)6-8-22-16(25)4-5-17(22)26/h4-5,13H,1-3,6-12,19H2,(H,20,24)(H,21,23). The summed E-state index contributed by atoms with van der Waals surface area (Å²) in [7, 11) is 0.303. The molecule has 0 spiro atoms. The van der Waals surface area contributed by atoms with E-state index in [0.29, 0.717) is 26.7 Å². The normalized spacial score (nSPS) is 14.2. The van der Waals surface area contributed by atoms with Crippen LogP contribution in [0, 0.1) is 5.92 Å². The number of hydroxylamine groups is 1. The van der Waals surface area contributed by atoms with Gasteiger partial charge >= 0.3 is 0 Å². The minimum Gasteiger partial charge on any atom is -0.369 e. The van der Waals surface area contributed by atoms with Gasteiger partial charge in [-0.2, -0.15) is 0 Å². The molecular formula is C18H27N4O7PS. The molecular weight excluding hydrogens is 447 g/mol. The fourth-order valence-corrected chi connectivity index (χ4v) is 3.35. The van der Waals surface area contributed by atoms with E-state index in [1.165, 1.54) is 0 Å². The highest BCUT2D eigenvalue weighted by molar-refractivity contribution is 8.03. The molecule has 0 aromatic rings. The van der Waals surface area contributed by atoms with Crippen LogP contribution in [0.5, 0.6) is 0 Å². The number of hydrogen-bond acceptors (Lipinski definition) is 9. The maximum absolute atomic E-state index is 11.7. The molecule has 13 heteroatoms. The molecule has 1 aliphatic rings. The van der Waals surface area contributed by atoms with Crippen molar-refractivity contribution in [3.05, 3.63) is 12.2 Å². The van der Waals surface area contributed by atoms with Gasteiger partial charge in [-0.15, -0.1) is 0 Å². The second-order valence-corrected chi connectivity index (χ2v) is 7.72. The van der Waals surface area contributed by atoms with Gasteiger partial charge in [-0.25, -0.2) is 5.48 Å². The lowest BCUT2D eigenvalue weighted by Crippen LogP contribution is -2.35. The lowest BCUT2D eigenvalue weighted by molar-refractivity contribution is -0.140. The SMILES string of the molecule is NCC(CCCCNC(=O)COCCONC(=O)CCN1C(=O)C=CC1=O)C(=O)P=S. The predicted molar refractivity (Wildman–Crippen MR) is 114 cm³/mol. The van der Waals surface area contributed by atoms with Gasteiger partial charge in [-0.1, -0.05) is 6.42 Å². The molecule has 1 aliphatic heterocycles. The Morgan fingerprint density at radius 2 is 1.84 bits per heavy atom. The first-order chi connectivity index (χ1) is 14.9. The molecule has 0 aromatic carbocycles. The van der Waals surface area contributed by atoms with Crippen molar-refractivity contribution < 1.29 is 33.5 Å². The summed E-state index contributed by atoms with van der Waals surface area (Å²) in [6.07, 6.45) is 4.32. The van der Waals surface area contributed by atoms with Gasteiger partial charge in [-0.3, -0.25) is 33.7 Å². The van der Waals surface area contributed by atoms with Gasteiger partial charge in [0.25, 0.3) is 11.8 Å². The Morgan fingerprint density at radius 3 is 2.48 bits per heavy atom. The largest absolute Gasteiger partial charge is 0.369 e. The van der Waals surface area contributed by atoms with Crippen molar-refractivity contribution in [3.8, 4) is 0 Å². The zero-order valence-corrected chi connectivity index (χ0v) is 18.8. The van der Waals surface area contributed by atoms with Crippen molar-refractivity contribution in [2.75, 3.05) is 39.5 Å². The molecule has 1 rings (SSSR count). The number of unbranched alkanes of at least 4 members (excludes halogenated alkanes) is 1. The van der Waals surface area contributed by atoms with E-state index >= 15 is 0 Å². The van der Waals surface area contributed by atoms with Crippen LogP contribution in [0.2, 0.25) is 0 Å². The van der Waals surface area contributed by atoms with Gasteiger partial charge in [0.2, 0.25) is 11.8 Å². The Morgan fingerprint density at radius 1 is 1.13 bits per heavy atom. The summed E-state index contributed by atoms with van der Waals surface area (Å²) in [6, 6.07) is 0. The Bertz CT molecular complexity index is 686. The highest BCUT2D eigenvalue weighted by atomic mass is 32.4. The molecule has 0 saturated heterocycles. The zero-order valence-electron chi connectivity index (χ0n) is 17.0. The molecule has 1 atom stereocenters. The molecule has 0 aliphatic carbocycles. The van der Waals surface area contributed by atoms with E-state index < -0.39 is 17.7 Å². The number of amides is 4. The van der Waals surface area contributed by atoms with Crippen molar-refractivity contribution in [1.82, 2.24) is 15.7 Å². The number of nitrogens with zero attached hydrogens (tertiary/aromatic N) is 1. The molecule has 0 aromatic heterocycles.